The first-order chi connectivity index (χ1) is 9.76. The number of aromatic hydroxyl groups is 1. The van der Waals surface area contributed by atoms with Crippen molar-refractivity contribution in [2.24, 2.45) is 0 Å². The normalized spacial score (nSPS) is 18.2. The molecule has 0 aromatic heterocycles. The first kappa shape index (κ1) is 15.3. The van der Waals surface area contributed by atoms with Gasteiger partial charge in [-0.2, -0.15) is 0 Å². The fourth-order valence-electron chi connectivity index (χ4n) is 3.26. The number of hydrogen-bond acceptors (Lipinski definition) is 3. The van der Waals surface area contributed by atoms with Crippen LogP contribution >= 0.6 is 0 Å². The monoisotopic (exact) mass is 277 g/mol. The summed E-state index contributed by atoms with van der Waals surface area (Å²) < 4.78 is 5.17. The third-order valence-corrected chi connectivity index (χ3v) is 4.25. The molecule has 3 nitrogen and oxygen atoms in total. The van der Waals surface area contributed by atoms with E-state index in [2.05, 4.69) is 17.9 Å². The highest BCUT2D eigenvalue weighted by Crippen LogP contribution is 2.30. The van der Waals surface area contributed by atoms with Gasteiger partial charge in [-0.3, -0.25) is 4.90 Å². The molecule has 112 valence electrons. The van der Waals surface area contributed by atoms with Crippen LogP contribution in [0, 0.1) is 0 Å². The molecule has 3 heteroatoms. The highest BCUT2D eigenvalue weighted by molar-refractivity contribution is 5.41. The molecule has 0 aliphatic heterocycles. The summed E-state index contributed by atoms with van der Waals surface area (Å²) in [7, 11) is 1.77. The second kappa shape index (κ2) is 7.65. The van der Waals surface area contributed by atoms with Crippen molar-refractivity contribution in [3.63, 3.8) is 0 Å². The Hall–Kier alpha value is -1.06. The van der Waals surface area contributed by atoms with Gasteiger partial charge in [-0.15, -0.1) is 0 Å². The molecular formula is C17H27NO2. The summed E-state index contributed by atoms with van der Waals surface area (Å²) >= 11 is 0. The molecule has 0 spiro atoms. The minimum atomic E-state index is 0.474. The highest BCUT2D eigenvalue weighted by atomic mass is 16.5. The van der Waals surface area contributed by atoms with Gasteiger partial charge in [0.25, 0.3) is 0 Å². The van der Waals surface area contributed by atoms with Crippen molar-refractivity contribution < 1.29 is 9.84 Å². The number of phenolic OH excluding ortho intramolecular Hbond substituents is 1. The zero-order chi connectivity index (χ0) is 14.4. The van der Waals surface area contributed by atoms with Gasteiger partial charge in [-0.25, -0.2) is 0 Å². The highest BCUT2D eigenvalue weighted by Gasteiger charge is 2.24. The molecule has 0 fully saturated rings. The number of rotatable bonds is 7. The van der Waals surface area contributed by atoms with Gasteiger partial charge in [-0.1, -0.05) is 19.1 Å². The Bertz CT molecular complexity index is 419. The summed E-state index contributed by atoms with van der Waals surface area (Å²) in [6, 6.07) is 6.55. The van der Waals surface area contributed by atoms with Gasteiger partial charge in [0.2, 0.25) is 0 Å². The molecular weight excluding hydrogens is 250 g/mol. The van der Waals surface area contributed by atoms with Gasteiger partial charge in [0, 0.05) is 26.3 Å². The number of hydrogen-bond donors (Lipinski definition) is 1. The van der Waals surface area contributed by atoms with Crippen molar-refractivity contribution in [3.8, 4) is 5.75 Å². The smallest absolute Gasteiger partial charge is 0.119 e. The molecule has 0 radical (unpaired) electrons. The van der Waals surface area contributed by atoms with Crippen molar-refractivity contribution in [3.05, 3.63) is 29.3 Å². The van der Waals surface area contributed by atoms with Crippen LogP contribution in [0.2, 0.25) is 0 Å². The lowest BCUT2D eigenvalue weighted by Gasteiger charge is -2.35. The lowest BCUT2D eigenvalue weighted by Crippen LogP contribution is -2.40. The SMILES string of the molecule is CCCN(CCCOC)[C@H]1CCc2c(O)cccc2C1. The average molecular weight is 277 g/mol. The Labute approximate surface area is 122 Å². The number of methoxy groups -OCH3 is 1. The fourth-order valence-corrected chi connectivity index (χ4v) is 3.26. The van der Waals surface area contributed by atoms with Crippen LogP contribution in [-0.2, 0) is 17.6 Å². The number of benzene rings is 1. The quantitative estimate of drug-likeness (QED) is 0.778. The summed E-state index contributed by atoms with van der Waals surface area (Å²) in [5.74, 6) is 0.474. The van der Waals surface area contributed by atoms with Gasteiger partial charge in [-0.05, 0) is 55.8 Å². The molecule has 1 N–H and O–H groups in total. The number of fused-ring (bicyclic) bond motifs is 1. The van der Waals surface area contributed by atoms with Crippen molar-refractivity contribution >= 4 is 0 Å². The molecule has 1 aromatic rings. The Balaban J connectivity index is 2.01. The molecule has 0 bridgehead atoms. The molecule has 1 atom stereocenters. The summed E-state index contributed by atoms with van der Waals surface area (Å²) in [5, 5.41) is 9.93. The van der Waals surface area contributed by atoms with E-state index in [4.69, 9.17) is 4.74 Å². The topological polar surface area (TPSA) is 32.7 Å². The first-order valence-corrected chi connectivity index (χ1v) is 7.79. The molecule has 1 aliphatic carbocycles. The van der Waals surface area contributed by atoms with Gasteiger partial charge in [0.15, 0.2) is 0 Å². The maximum Gasteiger partial charge on any atom is 0.119 e. The second-order valence-corrected chi connectivity index (χ2v) is 5.69. The van der Waals surface area contributed by atoms with Crippen LogP contribution in [0.15, 0.2) is 18.2 Å². The molecule has 0 amide bonds. The van der Waals surface area contributed by atoms with Gasteiger partial charge >= 0.3 is 0 Å². The predicted octanol–water partition coefficient (Wildman–Crippen LogP) is 3.00. The number of ether oxygens (including phenoxy) is 1. The van der Waals surface area contributed by atoms with E-state index in [9.17, 15) is 5.11 Å². The van der Waals surface area contributed by atoms with Gasteiger partial charge < -0.3 is 9.84 Å². The van der Waals surface area contributed by atoms with Gasteiger partial charge in [0.1, 0.15) is 5.75 Å². The van der Waals surface area contributed by atoms with Crippen LogP contribution in [0.1, 0.15) is 37.3 Å². The van der Waals surface area contributed by atoms with Crippen molar-refractivity contribution in [2.75, 3.05) is 26.8 Å². The molecule has 20 heavy (non-hydrogen) atoms. The lowest BCUT2D eigenvalue weighted by atomic mass is 9.86. The van der Waals surface area contributed by atoms with E-state index in [0.717, 1.165) is 50.9 Å². The molecule has 0 saturated heterocycles. The van der Waals surface area contributed by atoms with E-state index in [1.807, 2.05) is 12.1 Å². The van der Waals surface area contributed by atoms with Crippen LogP contribution in [0.25, 0.3) is 0 Å². The second-order valence-electron chi connectivity index (χ2n) is 5.69. The van der Waals surface area contributed by atoms with Crippen LogP contribution in [0.3, 0.4) is 0 Å². The van der Waals surface area contributed by atoms with Crippen molar-refractivity contribution in [1.82, 2.24) is 4.90 Å². The molecule has 0 saturated carbocycles. The Morgan fingerprint density at radius 3 is 2.95 bits per heavy atom. The summed E-state index contributed by atoms with van der Waals surface area (Å²) in [6.45, 7) is 5.35. The van der Waals surface area contributed by atoms with E-state index in [-0.39, 0.29) is 0 Å². The van der Waals surface area contributed by atoms with Gasteiger partial charge in [0.05, 0.1) is 0 Å². The van der Waals surface area contributed by atoms with Crippen LogP contribution in [0.4, 0.5) is 0 Å². The molecule has 1 aromatic carbocycles. The van der Waals surface area contributed by atoms with Crippen molar-refractivity contribution in [1.29, 1.82) is 0 Å². The van der Waals surface area contributed by atoms with Crippen LogP contribution in [0.5, 0.6) is 5.75 Å². The standard InChI is InChI=1S/C17H27NO2/c1-3-10-18(11-5-12-20-2)15-8-9-16-14(13-15)6-4-7-17(16)19/h4,6-7,15,19H,3,5,8-13H2,1-2H3/t15-/m0/s1. The summed E-state index contributed by atoms with van der Waals surface area (Å²) in [6.07, 6.45) is 5.50. The van der Waals surface area contributed by atoms with Crippen LogP contribution in [-0.4, -0.2) is 42.9 Å². The largest absolute Gasteiger partial charge is 0.508 e. The Morgan fingerprint density at radius 1 is 1.35 bits per heavy atom. The maximum absolute atomic E-state index is 9.93. The lowest BCUT2D eigenvalue weighted by molar-refractivity contribution is 0.141. The molecule has 1 aliphatic rings. The fraction of sp³-hybridized carbons (Fsp3) is 0.647. The molecule has 0 unspecified atom stereocenters. The van der Waals surface area contributed by atoms with E-state index in [1.54, 1.807) is 7.11 Å². The molecule has 0 heterocycles. The summed E-state index contributed by atoms with van der Waals surface area (Å²) in [5.41, 5.74) is 2.49. The Kier molecular flexibility index (Phi) is 5.86. The van der Waals surface area contributed by atoms with Crippen LogP contribution < -0.4 is 0 Å². The predicted molar refractivity (Wildman–Crippen MR) is 82.3 cm³/mol. The number of phenols is 1. The van der Waals surface area contributed by atoms with E-state index in [0.29, 0.717) is 11.8 Å². The first-order valence-electron chi connectivity index (χ1n) is 7.79. The zero-order valence-electron chi connectivity index (χ0n) is 12.8. The maximum atomic E-state index is 9.93. The number of nitrogens with zero attached hydrogens (tertiary/aromatic N) is 1. The summed E-state index contributed by atoms with van der Waals surface area (Å²) in [4.78, 5) is 2.60. The van der Waals surface area contributed by atoms with Crippen molar-refractivity contribution in [2.45, 2.75) is 45.1 Å². The van der Waals surface area contributed by atoms with E-state index < -0.39 is 0 Å². The minimum absolute atomic E-state index is 0.474. The molecule has 2 rings (SSSR count). The average Bonchev–Trinajstić information content (AvgIpc) is 2.46. The van der Waals surface area contributed by atoms with E-state index >= 15 is 0 Å². The third-order valence-electron chi connectivity index (χ3n) is 4.25. The third kappa shape index (κ3) is 3.74. The Morgan fingerprint density at radius 2 is 2.20 bits per heavy atom. The zero-order valence-corrected chi connectivity index (χ0v) is 12.8. The minimum Gasteiger partial charge on any atom is -0.508 e. The van der Waals surface area contributed by atoms with E-state index in [1.165, 1.54) is 12.0 Å².